The quantitative estimate of drug-likeness (QED) is 0.631. The van der Waals surface area contributed by atoms with Crippen molar-refractivity contribution in [1.82, 2.24) is 5.32 Å². The molecule has 0 bridgehead atoms. The Hall–Kier alpha value is -1.95. The normalized spacial score (nSPS) is 11.1. The average Bonchev–Trinajstić information content (AvgIpc) is 2.28. The summed E-state index contributed by atoms with van der Waals surface area (Å²) in [5.41, 5.74) is 0.157. The summed E-state index contributed by atoms with van der Waals surface area (Å²) in [7, 11) is 1.66. The zero-order chi connectivity index (χ0) is 13.9. The van der Waals surface area contributed by atoms with Crippen LogP contribution in [-0.4, -0.2) is 23.4 Å². The van der Waals surface area contributed by atoms with Crippen molar-refractivity contribution in [3.05, 3.63) is 33.9 Å². The Kier molecular flexibility index (Phi) is 4.03. The number of rotatable bonds is 4. The molecule has 0 aliphatic carbocycles. The summed E-state index contributed by atoms with van der Waals surface area (Å²) in [6.07, 6.45) is 0. The summed E-state index contributed by atoms with van der Waals surface area (Å²) in [6.45, 7) is 5.20. The molecule has 1 amide bonds. The lowest BCUT2D eigenvalue weighted by atomic mass is 10.0. The van der Waals surface area contributed by atoms with Gasteiger partial charge in [-0.25, -0.2) is 0 Å². The third kappa shape index (κ3) is 3.04. The van der Waals surface area contributed by atoms with Crippen LogP contribution < -0.4 is 10.6 Å². The number of hydrogen-bond donors (Lipinski definition) is 2. The second-order valence-corrected chi connectivity index (χ2v) is 4.61. The van der Waals surface area contributed by atoms with Crippen molar-refractivity contribution in [2.75, 3.05) is 12.4 Å². The molecule has 0 aliphatic rings. The minimum Gasteiger partial charge on any atom is -0.319 e. The van der Waals surface area contributed by atoms with E-state index in [2.05, 4.69) is 10.6 Å². The van der Waals surface area contributed by atoms with Gasteiger partial charge in [-0.15, -0.1) is 0 Å². The van der Waals surface area contributed by atoms with E-state index in [1.54, 1.807) is 33.0 Å². The molecule has 6 heteroatoms. The Labute approximate surface area is 106 Å². The highest BCUT2D eigenvalue weighted by molar-refractivity contribution is 5.99. The van der Waals surface area contributed by atoms with Crippen LogP contribution >= 0.6 is 0 Å². The summed E-state index contributed by atoms with van der Waals surface area (Å²) < 4.78 is 0. The zero-order valence-corrected chi connectivity index (χ0v) is 10.9. The van der Waals surface area contributed by atoms with Gasteiger partial charge < -0.3 is 10.6 Å². The molecule has 0 aromatic heterocycles. The minimum atomic E-state index is -0.794. The SMILES string of the molecule is CNC(C)(C)C(=O)Nc1cc(C)ccc1[N+](=O)[O-]. The number of nitro groups is 1. The minimum absolute atomic E-state index is 0.110. The predicted molar refractivity (Wildman–Crippen MR) is 69.6 cm³/mol. The first-order valence-electron chi connectivity index (χ1n) is 5.53. The number of benzene rings is 1. The number of hydrogen-bond acceptors (Lipinski definition) is 4. The van der Waals surface area contributed by atoms with Crippen molar-refractivity contribution in [2.45, 2.75) is 26.3 Å². The molecule has 0 atom stereocenters. The second kappa shape index (κ2) is 5.14. The van der Waals surface area contributed by atoms with Gasteiger partial charge in [0.05, 0.1) is 10.5 Å². The first-order chi connectivity index (χ1) is 8.27. The maximum atomic E-state index is 12.0. The van der Waals surface area contributed by atoms with E-state index in [0.717, 1.165) is 5.56 Å². The highest BCUT2D eigenvalue weighted by Crippen LogP contribution is 2.25. The van der Waals surface area contributed by atoms with Crippen molar-refractivity contribution in [3.8, 4) is 0 Å². The summed E-state index contributed by atoms with van der Waals surface area (Å²) in [5, 5.41) is 16.3. The highest BCUT2D eigenvalue weighted by Gasteiger charge is 2.27. The van der Waals surface area contributed by atoms with Crippen molar-refractivity contribution >= 4 is 17.3 Å². The molecule has 2 N–H and O–H groups in total. The van der Waals surface area contributed by atoms with Crippen molar-refractivity contribution in [3.63, 3.8) is 0 Å². The lowest BCUT2D eigenvalue weighted by molar-refractivity contribution is -0.383. The van der Waals surface area contributed by atoms with Crippen LogP contribution in [0.5, 0.6) is 0 Å². The Morgan fingerprint density at radius 1 is 1.39 bits per heavy atom. The summed E-state index contributed by atoms with van der Waals surface area (Å²) >= 11 is 0. The smallest absolute Gasteiger partial charge is 0.292 e. The van der Waals surface area contributed by atoms with Gasteiger partial charge in [-0.1, -0.05) is 6.07 Å². The fourth-order valence-electron chi connectivity index (χ4n) is 1.30. The van der Waals surface area contributed by atoms with Crippen molar-refractivity contribution in [2.24, 2.45) is 0 Å². The third-order valence-electron chi connectivity index (χ3n) is 2.79. The number of nitrogens with zero attached hydrogens (tertiary/aromatic N) is 1. The Bertz CT molecular complexity index is 483. The highest BCUT2D eigenvalue weighted by atomic mass is 16.6. The van der Waals surface area contributed by atoms with Crippen LogP contribution in [0.1, 0.15) is 19.4 Å². The molecule has 0 spiro atoms. The van der Waals surface area contributed by atoms with Crippen LogP contribution in [0, 0.1) is 17.0 Å². The fourth-order valence-corrected chi connectivity index (χ4v) is 1.30. The largest absolute Gasteiger partial charge is 0.319 e. The van der Waals surface area contributed by atoms with Gasteiger partial charge in [0.2, 0.25) is 5.91 Å². The number of aryl methyl sites for hydroxylation is 1. The fraction of sp³-hybridized carbons (Fsp3) is 0.417. The Morgan fingerprint density at radius 2 is 2.00 bits per heavy atom. The van der Waals surface area contributed by atoms with E-state index in [1.165, 1.54) is 6.07 Å². The molecule has 0 aliphatic heterocycles. The molecular formula is C12H17N3O3. The molecule has 0 saturated carbocycles. The van der Waals surface area contributed by atoms with Crippen molar-refractivity contribution < 1.29 is 9.72 Å². The van der Waals surface area contributed by atoms with Gasteiger partial charge in [0.25, 0.3) is 5.69 Å². The van der Waals surface area contributed by atoms with E-state index < -0.39 is 10.5 Å². The standard InChI is InChI=1S/C12H17N3O3/c1-8-5-6-10(15(17)18)9(7-8)14-11(16)12(2,3)13-4/h5-7,13H,1-4H3,(H,14,16). The first-order valence-corrected chi connectivity index (χ1v) is 5.53. The van der Waals surface area contributed by atoms with E-state index in [1.807, 2.05) is 6.92 Å². The zero-order valence-electron chi connectivity index (χ0n) is 10.9. The Morgan fingerprint density at radius 3 is 2.50 bits per heavy atom. The maximum absolute atomic E-state index is 12.0. The second-order valence-electron chi connectivity index (χ2n) is 4.61. The summed E-state index contributed by atoms with van der Waals surface area (Å²) in [6, 6.07) is 4.61. The van der Waals surface area contributed by atoms with Gasteiger partial charge >= 0.3 is 0 Å². The molecule has 6 nitrogen and oxygen atoms in total. The number of amides is 1. The predicted octanol–water partition coefficient (Wildman–Crippen LogP) is 1.84. The first kappa shape index (κ1) is 14.1. The van der Waals surface area contributed by atoms with Crippen LogP contribution in [0.15, 0.2) is 18.2 Å². The molecule has 0 unspecified atom stereocenters. The molecule has 0 heterocycles. The number of likely N-dealkylation sites (N-methyl/N-ethyl adjacent to an activating group) is 1. The van der Waals surface area contributed by atoms with Crippen LogP contribution in [0.3, 0.4) is 0 Å². The van der Waals surface area contributed by atoms with E-state index >= 15 is 0 Å². The molecule has 0 radical (unpaired) electrons. The number of nitro benzene ring substituents is 1. The molecule has 1 aromatic carbocycles. The van der Waals surface area contributed by atoms with E-state index in [4.69, 9.17) is 0 Å². The van der Waals surface area contributed by atoms with E-state index in [0.29, 0.717) is 0 Å². The van der Waals surface area contributed by atoms with Crippen LogP contribution in [0.2, 0.25) is 0 Å². The van der Waals surface area contributed by atoms with Gasteiger partial charge in [-0.2, -0.15) is 0 Å². The molecule has 1 rings (SSSR count). The van der Waals surface area contributed by atoms with E-state index in [9.17, 15) is 14.9 Å². The summed E-state index contributed by atoms with van der Waals surface area (Å²) in [4.78, 5) is 22.3. The average molecular weight is 251 g/mol. The van der Waals surface area contributed by atoms with Gasteiger partial charge in [0, 0.05) is 6.07 Å². The molecule has 98 valence electrons. The number of nitrogens with one attached hydrogen (secondary N) is 2. The number of anilines is 1. The molecule has 0 fully saturated rings. The van der Waals surface area contributed by atoms with Crippen molar-refractivity contribution in [1.29, 1.82) is 0 Å². The van der Waals surface area contributed by atoms with Gasteiger partial charge in [0.1, 0.15) is 5.69 Å². The topological polar surface area (TPSA) is 84.3 Å². The lowest BCUT2D eigenvalue weighted by Gasteiger charge is -2.22. The van der Waals surface area contributed by atoms with Crippen LogP contribution in [-0.2, 0) is 4.79 Å². The third-order valence-corrected chi connectivity index (χ3v) is 2.79. The number of carbonyl (C=O) groups is 1. The van der Waals surface area contributed by atoms with Gasteiger partial charge in [-0.05, 0) is 39.4 Å². The maximum Gasteiger partial charge on any atom is 0.292 e. The molecule has 18 heavy (non-hydrogen) atoms. The molecule has 0 saturated heterocycles. The van der Waals surface area contributed by atoms with Crippen LogP contribution in [0.25, 0.3) is 0 Å². The van der Waals surface area contributed by atoms with E-state index in [-0.39, 0.29) is 17.3 Å². The lowest BCUT2D eigenvalue weighted by Crippen LogP contribution is -2.47. The van der Waals surface area contributed by atoms with Gasteiger partial charge in [-0.3, -0.25) is 14.9 Å². The van der Waals surface area contributed by atoms with Crippen LogP contribution in [0.4, 0.5) is 11.4 Å². The Balaban J connectivity index is 3.07. The van der Waals surface area contributed by atoms with Gasteiger partial charge in [0.15, 0.2) is 0 Å². The monoisotopic (exact) mass is 251 g/mol. The number of carbonyl (C=O) groups excluding carboxylic acids is 1. The molecular weight excluding hydrogens is 234 g/mol. The molecule has 1 aromatic rings. The summed E-state index contributed by atoms with van der Waals surface area (Å²) in [5.74, 6) is -0.321.